The number of ether oxygens (including phenoxy) is 3. The second kappa shape index (κ2) is 6.27. The Hall–Kier alpha value is -1.97. The van der Waals surface area contributed by atoms with Crippen molar-refractivity contribution in [2.75, 3.05) is 14.2 Å². The molecule has 0 aliphatic rings. The maximum atomic E-state index is 11.6. The zero-order valence-electron chi connectivity index (χ0n) is 12.0. The zero-order chi connectivity index (χ0) is 14.5. The highest BCUT2D eigenvalue weighted by Gasteiger charge is 2.14. The van der Waals surface area contributed by atoms with Crippen LogP contribution < -0.4 is 9.47 Å². The fourth-order valence-corrected chi connectivity index (χ4v) is 1.53. The molecule has 1 aromatic carbocycles. The highest BCUT2D eigenvalue weighted by Crippen LogP contribution is 2.29. The van der Waals surface area contributed by atoms with Crippen LogP contribution in [0.15, 0.2) is 24.3 Å². The lowest BCUT2D eigenvalue weighted by atomic mass is 10.1. The first-order valence-corrected chi connectivity index (χ1v) is 5.99. The smallest absolute Gasteiger partial charge is 0.331 e. The summed E-state index contributed by atoms with van der Waals surface area (Å²) in [5, 5.41) is 0. The van der Waals surface area contributed by atoms with Crippen LogP contribution in [0.2, 0.25) is 0 Å². The van der Waals surface area contributed by atoms with Gasteiger partial charge in [-0.2, -0.15) is 0 Å². The molecule has 4 heteroatoms. The molecule has 0 bridgehead atoms. The molecule has 0 fully saturated rings. The van der Waals surface area contributed by atoms with Gasteiger partial charge in [0.15, 0.2) is 0 Å². The third-order valence-electron chi connectivity index (χ3n) is 2.26. The van der Waals surface area contributed by atoms with Crippen molar-refractivity contribution in [1.29, 1.82) is 0 Å². The van der Waals surface area contributed by atoms with Gasteiger partial charge in [-0.1, -0.05) is 6.07 Å². The fraction of sp³-hybridized carbons (Fsp3) is 0.400. The summed E-state index contributed by atoms with van der Waals surface area (Å²) in [6, 6.07) is 5.43. The molecule has 0 amide bonds. The molecular weight excluding hydrogens is 244 g/mol. The lowest BCUT2D eigenvalue weighted by molar-refractivity contribution is -0.148. The molecule has 4 nitrogen and oxygen atoms in total. The number of rotatable bonds is 4. The summed E-state index contributed by atoms with van der Waals surface area (Å²) in [6.45, 7) is 5.47. The second-order valence-corrected chi connectivity index (χ2v) is 4.94. The summed E-state index contributed by atoms with van der Waals surface area (Å²) in [6.07, 6.45) is 3.00. The molecule has 0 N–H and O–H groups in total. The maximum absolute atomic E-state index is 11.6. The number of carbonyl (C=O) groups is 1. The molecule has 1 rings (SSSR count). The quantitative estimate of drug-likeness (QED) is 0.619. The van der Waals surface area contributed by atoms with Gasteiger partial charge in [-0.3, -0.25) is 0 Å². The normalized spacial score (nSPS) is 11.4. The van der Waals surface area contributed by atoms with Gasteiger partial charge in [0.25, 0.3) is 0 Å². The zero-order valence-corrected chi connectivity index (χ0v) is 12.0. The lowest BCUT2D eigenvalue weighted by Gasteiger charge is -2.18. The molecule has 1 aromatic rings. The number of esters is 1. The minimum atomic E-state index is -0.508. The van der Waals surface area contributed by atoms with Crippen LogP contribution in [-0.4, -0.2) is 25.8 Å². The van der Waals surface area contributed by atoms with Crippen LogP contribution in [0, 0.1) is 0 Å². The first kappa shape index (κ1) is 15.1. The Labute approximate surface area is 114 Å². The van der Waals surface area contributed by atoms with Crippen LogP contribution in [0.1, 0.15) is 26.3 Å². The second-order valence-electron chi connectivity index (χ2n) is 4.94. The van der Waals surface area contributed by atoms with Gasteiger partial charge in [-0.15, -0.1) is 0 Å². The van der Waals surface area contributed by atoms with Gasteiger partial charge in [0, 0.05) is 6.08 Å². The van der Waals surface area contributed by atoms with Crippen LogP contribution in [-0.2, 0) is 9.53 Å². The van der Waals surface area contributed by atoms with E-state index < -0.39 is 11.6 Å². The summed E-state index contributed by atoms with van der Waals surface area (Å²) in [5.41, 5.74) is 0.199. The third kappa shape index (κ3) is 4.66. The minimum Gasteiger partial charge on any atom is -0.496 e. The van der Waals surface area contributed by atoms with Crippen molar-refractivity contribution in [3.05, 3.63) is 29.8 Å². The average molecular weight is 264 g/mol. The highest BCUT2D eigenvalue weighted by molar-refractivity contribution is 5.88. The summed E-state index contributed by atoms with van der Waals surface area (Å²) < 4.78 is 15.7. The van der Waals surface area contributed by atoms with Crippen molar-refractivity contribution in [2.45, 2.75) is 26.4 Å². The first-order valence-electron chi connectivity index (χ1n) is 5.99. The number of hydrogen-bond acceptors (Lipinski definition) is 4. The summed E-state index contributed by atoms with van der Waals surface area (Å²) in [4.78, 5) is 11.6. The van der Waals surface area contributed by atoms with E-state index >= 15 is 0 Å². The number of benzene rings is 1. The lowest BCUT2D eigenvalue weighted by Crippen LogP contribution is -2.22. The topological polar surface area (TPSA) is 44.8 Å². The Balaban J connectivity index is 2.95. The van der Waals surface area contributed by atoms with E-state index in [-0.39, 0.29) is 0 Å². The predicted octanol–water partition coefficient (Wildman–Crippen LogP) is 3.06. The van der Waals surface area contributed by atoms with Gasteiger partial charge in [0.1, 0.15) is 17.1 Å². The van der Waals surface area contributed by atoms with Crippen LogP contribution in [0.3, 0.4) is 0 Å². The van der Waals surface area contributed by atoms with E-state index in [4.69, 9.17) is 14.2 Å². The van der Waals surface area contributed by atoms with Crippen molar-refractivity contribution in [2.24, 2.45) is 0 Å². The summed E-state index contributed by atoms with van der Waals surface area (Å²) >= 11 is 0. The molecule has 0 saturated carbocycles. The maximum Gasteiger partial charge on any atom is 0.331 e. The molecule has 0 radical (unpaired) electrons. The largest absolute Gasteiger partial charge is 0.496 e. The van der Waals surface area contributed by atoms with Crippen LogP contribution >= 0.6 is 0 Å². The van der Waals surface area contributed by atoms with E-state index in [0.29, 0.717) is 17.1 Å². The predicted molar refractivity (Wildman–Crippen MR) is 74.4 cm³/mol. The molecule has 0 spiro atoms. The minimum absolute atomic E-state index is 0.402. The van der Waals surface area contributed by atoms with E-state index in [2.05, 4.69) is 0 Å². The average Bonchev–Trinajstić information content (AvgIpc) is 2.33. The summed E-state index contributed by atoms with van der Waals surface area (Å²) in [5.74, 6) is 0.874. The van der Waals surface area contributed by atoms with E-state index in [9.17, 15) is 4.79 Å². The van der Waals surface area contributed by atoms with Crippen molar-refractivity contribution in [3.63, 3.8) is 0 Å². The molecule has 104 valence electrons. The molecule has 0 atom stereocenters. The van der Waals surface area contributed by atoms with E-state index in [1.54, 1.807) is 32.4 Å². The molecule has 0 unspecified atom stereocenters. The molecule has 0 aliphatic carbocycles. The highest BCUT2D eigenvalue weighted by atomic mass is 16.6. The molecule has 19 heavy (non-hydrogen) atoms. The van der Waals surface area contributed by atoms with E-state index in [1.165, 1.54) is 6.08 Å². The van der Waals surface area contributed by atoms with Crippen molar-refractivity contribution in [1.82, 2.24) is 0 Å². The number of methoxy groups -OCH3 is 2. The van der Waals surface area contributed by atoms with Gasteiger partial charge in [-0.25, -0.2) is 4.79 Å². The number of carbonyl (C=O) groups excluding carboxylic acids is 1. The van der Waals surface area contributed by atoms with Gasteiger partial charge in [-0.05, 0) is 39.0 Å². The standard InChI is InChI=1S/C15H20O4/c1-15(2,3)19-14(16)10-9-11-12(17-4)7-6-8-13(11)18-5/h6-10H,1-5H3/b10-9+. The molecular formula is C15H20O4. The first-order chi connectivity index (χ1) is 8.87. The van der Waals surface area contributed by atoms with Crippen molar-refractivity contribution < 1.29 is 19.0 Å². The van der Waals surface area contributed by atoms with Crippen LogP contribution in [0.4, 0.5) is 0 Å². The van der Waals surface area contributed by atoms with Crippen molar-refractivity contribution in [3.8, 4) is 11.5 Å². The van der Waals surface area contributed by atoms with Gasteiger partial charge in [0.05, 0.1) is 19.8 Å². The van der Waals surface area contributed by atoms with E-state index in [1.807, 2.05) is 26.8 Å². The Kier molecular flexibility index (Phi) is 4.98. The van der Waals surface area contributed by atoms with Crippen LogP contribution in [0.25, 0.3) is 6.08 Å². The van der Waals surface area contributed by atoms with Crippen molar-refractivity contribution >= 4 is 12.0 Å². The van der Waals surface area contributed by atoms with Gasteiger partial charge >= 0.3 is 5.97 Å². The Morgan fingerprint density at radius 3 is 2.05 bits per heavy atom. The Bertz CT molecular complexity index is 447. The monoisotopic (exact) mass is 264 g/mol. The Morgan fingerprint density at radius 1 is 1.11 bits per heavy atom. The number of hydrogen-bond donors (Lipinski definition) is 0. The van der Waals surface area contributed by atoms with Crippen LogP contribution in [0.5, 0.6) is 11.5 Å². The van der Waals surface area contributed by atoms with Gasteiger partial charge < -0.3 is 14.2 Å². The summed E-state index contributed by atoms with van der Waals surface area (Å²) in [7, 11) is 3.14. The molecule has 0 saturated heterocycles. The van der Waals surface area contributed by atoms with Gasteiger partial charge in [0.2, 0.25) is 0 Å². The van der Waals surface area contributed by atoms with E-state index in [0.717, 1.165) is 0 Å². The molecule has 0 aromatic heterocycles. The fourth-order valence-electron chi connectivity index (χ4n) is 1.53. The SMILES string of the molecule is COc1cccc(OC)c1/C=C/C(=O)OC(C)(C)C. The molecule has 0 aliphatic heterocycles. The third-order valence-corrected chi connectivity index (χ3v) is 2.26. The molecule has 0 heterocycles. The Morgan fingerprint density at radius 2 is 1.63 bits per heavy atom.